The summed E-state index contributed by atoms with van der Waals surface area (Å²) in [5, 5.41) is 8.46. The first kappa shape index (κ1) is 15.5. The van der Waals surface area contributed by atoms with Gasteiger partial charge in [0.05, 0.1) is 6.42 Å². The Labute approximate surface area is 108 Å². The molecule has 106 valence electrons. The molecular formula is C13H14F4O2. The molecule has 0 aliphatic rings. The van der Waals surface area contributed by atoms with Gasteiger partial charge in [-0.05, 0) is 12.8 Å². The van der Waals surface area contributed by atoms with Gasteiger partial charge >= 0.3 is 5.97 Å². The summed E-state index contributed by atoms with van der Waals surface area (Å²) in [6.45, 7) is 1.88. The van der Waals surface area contributed by atoms with Crippen LogP contribution in [0.25, 0.3) is 0 Å². The van der Waals surface area contributed by atoms with Crippen molar-refractivity contribution in [2.75, 3.05) is 0 Å². The number of carboxylic acid groups (broad SMARTS) is 1. The lowest BCUT2D eigenvalue weighted by Gasteiger charge is -2.10. The minimum atomic E-state index is -1.62. The lowest BCUT2D eigenvalue weighted by molar-refractivity contribution is -0.136. The second-order valence-corrected chi connectivity index (χ2v) is 4.24. The number of carbonyl (C=O) groups is 1. The van der Waals surface area contributed by atoms with Crippen LogP contribution in [0.1, 0.15) is 37.3 Å². The smallest absolute Gasteiger partial charge is 0.308 e. The molecule has 0 fully saturated rings. The summed E-state index contributed by atoms with van der Waals surface area (Å²) in [5.41, 5.74) is -1.74. The predicted molar refractivity (Wildman–Crippen MR) is 60.8 cm³/mol. The number of halogens is 4. The average molecular weight is 278 g/mol. The third-order valence-corrected chi connectivity index (χ3v) is 2.80. The monoisotopic (exact) mass is 278 g/mol. The summed E-state index contributed by atoms with van der Waals surface area (Å²) in [4.78, 5) is 10.4. The number of aliphatic carboxylic acids is 1. The van der Waals surface area contributed by atoms with Crippen molar-refractivity contribution in [2.24, 2.45) is 0 Å². The molecule has 1 rings (SSSR count). The Morgan fingerprint density at radius 2 is 1.42 bits per heavy atom. The molecule has 6 heteroatoms. The van der Waals surface area contributed by atoms with Gasteiger partial charge in [-0.15, -0.1) is 0 Å². The Bertz CT molecular complexity index is 457. The Morgan fingerprint density at radius 3 is 1.84 bits per heavy atom. The van der Waals surface area contributed by atoms with Gasteiger partial charge in [0.15, 0.2) is 23.3 Å². The van der Waals surface area contributed by atoms with Gasteiger partial charge in [-0.1, -0.05) is 19.8 Å². The van der Waals surface area contributed by atoms with E-state index in [1.165, 1.54) is 0 Å². The first-order valence-electron chi connectivity index (χ1n) is 5.95. The molecule has 0 saturated carbocycles. The quantitative estimate of drug-likeness (QED) is 0.490. The number of hydrogen-bond acceptors (Lipinski definition) is 1. The van der Waals surface area contributed by atoms with Gasteiger partial charge in [0, 0.05) is 11.1 Å². The largest absolute Gasteiger partial charge is 0.481 e. The zero-order chi connectivity index (χ0) is 14.6. The number of carboxylic acids is 1. The van der Waals surface area contributed by atoms with E-state index < -0.39 is 46.8 Å². The molecule has 0 unspecified atom stereocenters. The molecule has 0 radical (unpaired) electrons. The minimum Gasteiger partial charge on any atom is -0.481 e. The summed E-state index contributed by atoms with van der Waals surface area (Å²) in [5.74, 6) is -7.78. The molecule has 0 aliphatic carbocycles. The van der Waals surface area contributed by atoms with E-state index in [0.29, 0.717) is 12.8 Å². The van der Waals surface area contributed by atoms with E-state index in [0.717, 1.165) is 6.42 Å². The van der Waals surface area contributed by atoms with Crippen LogP contribution in [0.4, 0.5) is 17.6 Å². The highest BCUT2D eigenvalue weighted by Crippen LogP contribution is 2.26. The molecule has 0 amide bonds. The molecular weight excluding hydrogens is 264 g/mol. The number of rotatable bonds is 6. The molecule has 1 N–H and O–H groups in total. The summed E-state index contributed by atoms with van der Waals surface area (Å²) in [6, 6.07) is 0. The van der Waals surface area contributed by atoms with Crippen LogP contribution in [0.3, 0.4) is 0 Å². The normalized spacial score (nSPS) is 10.8. The van der Waals surface area contributed by atoms with Crippen molar-refractivity contribution >= 4 is 5.97 Å². The molecule has 2 nitrogen and oxygen atoms in total. The molecule has 0 heterocycles. The lowest BCUT2D eigenvalue weighted by Crippen LogP contribution is -2.12. The van der Waals surface area contributed by atoms with Gasteiger partial charge in [-0.2, -0.15) is 0 Å². The third kappa shape index (κ3) is 3.45. The van der Waals surface area contributed by atoms with Crippen molar-refractivity contribution in [3.63, 3.8) is 0 Å². The molecule has 0 aromatic heterocycles. The summed E-state index contributed by atoms with van der Waals surface area (Å²) >= 11 is 0. The van der Waals surface area contributed by atoms with Crippen LogP contribution in [-0.2, 0) is 17.6 Å². The summed E-state index contributed by atoms with van der Waals surface area (Å²) in [7, 11) is 0. The molecule has 19 heavy (non-hydrogen) atoms. The van der Waals surface area contributed by atoms with Crippen LogP contribution in [0, 0.1) is 23.3 Å². The Hall–Kier alpha value is -1.59. The van der Waals surface area contributed by atoms with Crippen molar-refractivity contribution in [2.45, 2.75) is 39.0 Å². The zero-order valence-electron chi connectivity index (χ0n) is 10.4. The minimum absolute atomic E-state index is 0.118. The van der Waals surface area contributed by atoms with Gasteiger partial charge in [-0.25, -0.2) is 17.6 Å². The van der Waals surface area contributed by atoms with Crippen molar-refractivity contribution < 1.29 is 27.5 Å². The van der Waals surface area contributed by atoms with Crippen LogP contribution in [0.2, 0.25) is 0 Å². The standard InChI is InChI=1S/C13H14F4O2/c1-2-3-4-5-7-10(14)12(16)8(6-9(18)19)13(17)11(7)15/h2-6H2,1H3,(H,18,19). The molecule has 0 atom stereocenters. The SMILES string of the molecule is CCCCCc1c(F)c(F)c(CC(=O)O)c(F)c1F. The van der Waals surface area contributed by atoms with Crippen molar-refractivity contribution in [1.82, 2.24) is 0 Å². The van der Waals surface area contributed by atoms with Crippen LogP contribution in [0.15, 0.2) is 0 Å². The van der Waals surface area contributed by atoms with Gasteiger partial charge in [0.25, 0.3) is 0 Å². The maximum Gasteiger partial charge on any atom is 0.308 e. The first-order valence-corrected chi connectivity index (χ1v) is 5.95. The lowest BCUT2D eigenvalue weighted by atomic mass is 10.0. The maximum absolute atomic E-state index is 13.6. The number of hydrogen-bond donors (Lipinski definition) is 1. The van der Waals surface area contributed by atoms with Gasteiger partial charge in [-0.3, -0.25) is 4.79 Å². The summed E-state index contributed by atoms with van der Waals surface area (Å²) < 4.78 is 54.3. The molecule has 0 saturated heterocycles. The number of benzene rings is 1. The first-order chi connectivity index (χ1) is 8.90. The van der Waals surface area contributed by atoms with Gasteiger partial charge < -0.3 is 5.11 Å². The third-order valence-electron chi connectivity index (χ3n) is 2.80. The van der Waals surface area contributed by atoms with E-state index in [4.69, 9.17) is 5.11 Å². The summed E-state index contributed by atoms with van der Waals surface area (Å²) in [6.07, 6.45) is 0.666. The molecule has 0 bridgehead atoms. The second-order valence-electron chi connectivity index (χ2n) is 4.24. The highest BCUT2D eigenvalue weighted by Gasteiger charge is 2.25. The van der Waals surface area contributed by atoms with Gasteiger partial charge in [0.2, 0.25) is 0 Å². The Kier molecular flexibility index (Phi) is 5.32. The Morgan fingerprint density at radius 1 is 0.947 bits per heavy atom. The van der Waals surface area contributed by atoms with Crippen LogP contribution in [0.5, 0.6) is 0 Å². The topological polar surface area (TPSA) is 37.3 Å². The average Bonchev–Trinajstić information content (AvgIpc) is 2.36. The predicted octanol–water partition coefficient (Wildman–Crippen LogP) is 3.60. The molecule has 0 aliphatic heterocycles. The Balaban J connectivity index is 3.18. The van der Waals surface area contributed by atoms with Crippen molar-refractivity contribution in [3.8, 4) is 0 Å². The zero-order valence-corrected chi connectivity index (χ0v) is 10.4. The highest BCUT2D eigenvalue weighted by atomic mass is 19.2. The van der Waals surface area contributed by atoms with E-state index in [9.17, 15) is 22.4 Å². The molecule has 1 aromatic carbocycles. The van der Waals surface area contributed by atoms with Crippen LogP contribution < -0.4 is 0 Å². The van der Waals surface area contributed by atoms with Gasteiger partial charge in [0.1, 0.15) is 0 Å². The van der Waals surface area contributed by atoms with Crippen LogP contribution in [-0.4, -0.2) is 11.1 Å². The van der Waals surface area contributed by atoms with E-state index in [1.54, 1.807) is 0 Å². The fraction of sp³-hybridized carbons (Fsp3) is 0.462. The molecule has 0 spiro atoms. The fourth-order valence-corrected chi connectivity index (χ4v) is 1.80. The van der Waals surface area contributed by atoms with E-state index >= 15 is 0 Å². The van der Waals surface area contributed by atoms with Crippen LogP contribution >= 0.6 is 0 Å². The fourth-order valence-electron chi connectivity index (χ4n) is 1.80. The van der Waals surface area contributed by atoms with E-state index in [-0.39, 0.29) is 6.42 Å². The van der Waals surface area contributed by atoms with E-state index in [1.807, 2.05) is 6.92 Å². The molecule has 1 aromatic rings. The second kappa shape index (κ2) is 6.54. The number of unbranched alkanes of at least 4 members (excludes halogenated alkanes) is 2. The maximum atomic E-state index is 13.6. The van der Waals surface area contributed by atoms with Crippen molar-refractivity contribution in [1.29, 1.82) is 0 Å². The highest BCUT2D eigenvalue weighted by molar-refractivity contribution is 5.70. The van der Waals surface area contributed by atoms with Crippen molar-refractivity contribution in [3.05, 3.63) is 34.4 Å². The van der Waals surface area contributed by atoms with E-state index in [2.05, 4.69) is 0 Å².